The van der Waals surface area contributed by atoms with Crippen LogP contribution in [0, 0.1) is 0 Å². The van der Waals surface area contributed by atoms with Gasteiger partial charge in [0.1, 0.15) is 16.4 Å². The second-order valence-corrected chi connectivity index (χ2v) is 6.57. The Morgan fingerprint density at radius 1 is 1.21 bits per heavy atom. The van der Waals surface area contributed by atoms with Crippen molar-refractivity contribution in [2.24, 2.45) is 10.2 Å². The number of nitrogens with zero attached hydrogens (tertiary/aromatic N) is 1. The number of benzene rings is 2. The molecule has 2 rings (SSSR count). The predicted molar refractivity (Wildman–Crippen MR) is 87.7 cm³/mol. The molecule has 2 aromatic rings. The number of aromatic hydroxyl groups is 2. The summed E-state index contributed by atoms with van der Waals surface area (Å²) in [6, 6.07) is 7.40. The molecule has 10 heteroatoms. The zero-order chi connectivity index (χ0) is 17.9. The Hall–Kier alpha value is -2.62. The van der Waals surface area contributed by atoms with Crippen molar-refractivity contribution in [3.63, 3.8) is 0 Å². The normalized spacial score (nSPS) is 11.6. The number of halogens is 1. The number of hydrazone groups is 1. The lowest BCUT2D eigenvalue weighted by Crippen LogP contribution is -2.19. The van der Waals surface area contributed by atoms with Gasteiger partial charge in [0.25, 0.3) is 5.91 Å². The Morgan fingerprint density at radius 2 is 1.92 bits per heavy atom. The highest BCUT2D eigenvalue weighted by Gasteiger charge is 2.16. The first-order chi connectivity index (χ1) is 11.2. The molecule has 0 fully saturated rings. The third-order valence-electron chi connectivity index (χ3n) is 2.88. The molecule has 2 aromatic carbocycles. The van der Waals surface area contributed by atoms with E-state index in [0.717, 1.165) is 18.3 Å². The summed E-state index contributed by atoms with van der Waals surface area (Å²) in [5.74, 6) is -1.05. The molecule has 0 aliphatic rings. The second kappa shape index (κ2) is 6.87. The molecular weight excluding hydrogens is 358 g/mol. The maximum absolute atomic E-state index is 12.0. The Balaban J connectivity index is 2.17. The lowest BCUT2D eigenvalue weighted by molar-refractivity contribution is 0.0955. The number of nitrogens with two attached hydrogens (primary N) is 1. The highest BCUT2D eigenvalue weighted by molar-refractivity contribution is 7.89. The van der Waals surface area contributed by atoms with Crippen LogP contribution >= 0.6 is 11.6 Å². The number of hydrogen-bond donors (Lipinski definition) is 4. The third-order valence-corrected chi connectivity index (χ3v) is 4.28. The van der Waals surface area contributed by atoms with Crippen LogP contribution in [0.25, 0.3) is 0 Å². The minimum absolute atomic E-state index is 0.0181. The lowest BCUT2D eigenvalue weighted by Gasteiger charge is -2.05. The van der Waals surface area contributed by atoms with Gasteiger partial charge in [-0.1, -0.05) is 11.6 Å². The summed E-state index contributed by atoms with van der Waals surface area (Å²) in [6.45, 7) is 0. The van der Waals surface area contributed by atoms with E-state index in [1.165, 1.54) is 24.3 Å². The fourth-order valence-electron chi connectivity index (χ4n) is 1.73. The summed E-state index contributed by atoms with van der Waals surface area (Å²) in [6.07, 6.45) is 1.16. The first kappa shape index (κ1) is 17.7. The first-order valence-electron chi connectivity index (χ1n) is 6.36. The van der Waals surface area contributed by atoms with Crippen LogP contribution in [0.4, 0.5) is 0 Å². The smallest absolute Gasteiger partial charge is 0.271 e. The molecule has 8 nitrogen and oxygen atoms in total. The van der Waals surface area contributed by atoms with Crippen LogP contribution in [0.1, 0.15) is 15.9 Å². The summed E-state index contributed by atoms with van der Waals surface area (Å²) >= 11 is 5.73. The van der Waals surface area contributed by atoms with Crippen molar-refractivity contribution in [1.29, 1.82) is 0 Å². The van der Waals surface area contributed by atoms with E-state index in [1.807, 2.05) is 0 Å². The van der Waals surface area contributed by atoms with E-state index in [0.29, 0.717) is 0 Å². The van der Waals surface area contributed by atoms with Gasteiger partial charge in [-0.2, -0.15) is 5.10 Å². The molecule has 0 radical (unpaired) electrons. The molecule has 24 heavy (non-hydrogen) atoms. The van der Waals surface area contributed by atoms with E-state index in [4.69, 9.17) is 21.8 Å². The summed E-state index contributed by atoms with van der Waals surface area (Å²) in [4.78, 5) is 11.6. The van der Waals surface area contributed by atoms with E-state index in [1.54, 1.807) is 0 Å². The highest BCUT2D eigenvalue weighted by Crippen LogP contribution is 2.22. The van der Waals surface area contributed by atoms with Gasteiger partial charge >= 0.3 is 0 Å². The second-order valence-electron chi connectivity index (χ2n) is 4.63. The van der Waals surface area contributed by atoms with Crippen LogP contribution in [0.15, 0.2) is 46.4 Å². The third kappa shape index (κ3) is 4.22. The molecule has 0 aliphatic heterocycles. The summed E-state index contributed by atoms with van der Waals surface area (Å²) < 4.78 is 22.8. The minimum Gasteiger partial charge on any atom is -0.508 e. The average Bonchev–Trinajstić information content (AvgIpc) is 2.48. The average molecular weight is 370 g/mol. The molecule has 1 amide bonds. The SMILES string of the molecule is NS(=O)(=O)c1cc(C(=O)N/N=C/c2ccc(O)cc2O)ccc1Cl. The quantitative estimate of drug-likeness (QED) is 0.472. The molecular formula is C14H12ClN3O5S. The largest absolute Gasteiger partial charge is 0.508 e. The maximum Gasteiger partial charge on any atom is 0.271 e. The number of phenolic OH excluding ortho intramolecular Hbond substituents is 2. The molecule has 0 heterocycles. The molecule has 126 valence electrons. The first-order valence-corrected chi connectivity index (χ1v) is 8.28. The Morgan fingerprint density at radius 3 is 2.54 bits per heavy atom. The summed E-state index contributed by atoms with van der Waals surface area (Å²) in [7, 11) is -4.07. The van der Waals surface area contributed by atoms with Crippen LogP contribution in [0.2, 0.25) is 5.02 Å². The number of rotatable bonds is 4. The highest BCUT2D eigenvalue weighted by atomic mass is 35.5. The molecule has 0 aliphatic carbocycles. The molecule has 0 bridgehead atoms. The lowest BCUT2D eigenvalue weighted by atomic mass is 10.2. The van der Waals surface area contributed by atoms with Crippen molar-refractivity contribution in [2.75, 3.05) is 0 Å². The van der Waals surface area contributed by atoms with Crippen molar-refractivity contribution < 1.29 is 23.4 Å². The topological polar surface area (TPSA) is 142 Å². The molecule has 0 unspecified atom stereocenters. The van der Waals surface area contributed by atoms with Crippen LogP contribution in [-0.2, 0) is 10.0 Å². The zero-order valence-electron chi connectivity index (χ0n) is 12.0. The Bertz CT molecular complexity index is 928. The van der Waals surface area contributed by atoms with Gasteiger partial charge < -0.3 is 10.2 Å². The van der Waals surface area contributed by atoms with Gasteiger partial charge in [0.2, 0.25) is 10.0 Å². The van der Waals surface area contributed by atoms with Gasteiger partial charge in [-0.15, -0.1) is 0 Å². The van der Waals surface area contributed by atoms with Crippen LogP contribution in [-0.4, -0.2) is 30.8 Å². The van der Waals surface area contributed by atoms with Gasteiger partial charge in [-0.05, 0) is 30.3 Å². The number of hydrogen-bond acceptors (Lipinski definition) is 6. The summed E-state index contributed by atoms with van der Waals surface area (Å²) in [5.41, 5.74) is 2.41. The van der Waals surface area contributed by atoms with Gasteiger partial charge in [0.05, 0.1) is 11.2 Å². The van der Waals surface area contributed by atoms with Crippen LogP contribution in [0.5, 0.6) is 11.5 Å². The predicted octanol–water partition coefficient (Wildman–Crippen LogP) is 1.16. The maximum atomic E-state index is 12.0. The standard InChI is InChI=1S/C14H12ClN3O5S/c15-11-4-2-8(5-13(11)24(16,22)23)14(21)18-17-7-9-1-3-10(19)6-12(9)20/h1-7,19-20H,(H,18,21)(H2,16,22,23)/b17-7+. The molecule has 0 aromatic heterocycles. The number of sulfonamides is 1. The van der Waals surface area contributed by atoms with Crippen molar-refractivity contribution in [1.82, 2.24) is 5.43 Å². The molecule has 0 saturated heterocycles. The molecule has 0 saturated carbocycles. The van der Waals surface area contributed by atoms with Crippen molar-refractivity contribution >= 4 is 33.7 Å². The van der Waals surface area contributed by atoms with E-state index >= 15 is 0 Å². The van der Waals surface area contributed by atoms with Crippen molar-refractivity contribution in [3.05, 3.63) is 52.5 Å². The van der Waals surface area contributed by atoms with E-state index in [-0.39, 0.29) is 32.5 Å². The molecule has 0 spiro atoms. The van der Waals surface area contributed by atoms with Crippen molar-refractivity contribution in [2.45, 2.75) is 4.90 Å². The van der Waals surface area contributed by atoms with Gasteiger partial charge in [-0.3, -0.25) is 4.79 Å². The number of primary sulfonamides is 1. The monoisotopic (exact) mass is 369 g/mol. The number of amides is 1. The number of nitrogens with one attached hydrogen (secondary N) is 1. The zero-order valence-corrected chi connectivity index (χ0v) is 13.5. The van der Waals surface area contributed by atoms with E-state index in [2.05, 4.69) is 10.5 Å². The Labute approximate surface area is 142 Å². The van der Waals surface area contributed by atoms with E-state index in [9.17, 15) is 18.3 Å². The summed E-state index contributed by atoms with van der Waals surface area (Å²) in [5, 5.41) is 27.3. The fourth-order valence-corrected chi connectivity index (χ4v) is 2.80. The van der Waals surface area contributed by atoms with Crippen LogP contribution < -0.4 is 10.6 Å². The van der Waals surface area contributed by atoms with Gasteiger partial charge in [0.15, 0.2) is 0 Å². The van der Waals surface area contributed by atoms with Crippen LogP contribution in [0.3, 0.4) is 0 Å². The molecule has 0 atom stereocenters. The Kier molecular flexibility index (Phi) is 5.07. The van der Waals surface area contributed by atoms with E-state index < -0.39 is 15.9 Å². The minimum atomic E-state index is -4.07. The van der Waals surface area contributed by atoms with Gasteiger partial charge in [0, 0.05) is 17.2 Å². The number of phenols is 2. The number of carbonyl (C=O) groups excluding carboxylic acids is 1. The van der Waals surface area contributed by atoms with Crippen molar-refractivity contribution in [3.8, 4) is 11.5 Å². The number of carbonyl (C=O) groups is 1. The molecule has 5 N–H and O–H groups in total. The fraction of sp³-hybridized carbons (Fsp3) is 0. The van der Waals surface area contributed by atoms with Gasteiger partial charge in [-0.25, -0.2) is 19.0 Å².